The minimum absolute atomic E-state index is 0.0307. The monoisotopic (exact) mass is 615 g/mol. The molecule has 11 nitrogen and oxygen atoms in total. The van der Waals surface area contributed by atoms with Crippen LogP contribution in [0.4, 0.5) is 0 Å². The van der Waals surface area contributed by atoms with Gasteiger partial charge in [0.15, 0.2) is 6.10 Å². The van der Waals surface area contributed by atoms with E-state index >= 15 is 0 Å². The van der Waals surface area contributed by atoms with Gasteiger partial charge in [0, 0.05) is 43.5 Å². The standard InChI is InChI=1S/C34H41N5O6/c1-38(18-20-8-4-3-5-9-20)34(44)30(40)26(16-21-14-15-35-31(21)41)37-32(42)29-23-11-6-10-22(23)19-39(29)33(43)27-17-24-25(36-27)12-7-13-28(24)45-2/h3-5,7-9,12-13,17,21-23,26,29-30,36,40H,6,10-11,14-16,18-19H2,1-2H3,(H,35,41)(H,37,42)/t21-,22?,23?,26-,29?,30?/m0/s1. The minimum Gasteiger partial charge on any atom is -0.496 e. The van der Waals surface area contributed by atoms with E-state index in [1.807, 2.05) is 48.5 Å². The molecule has 3 heterocycles. The quantitative estimate of drug-likeness (QED) is 0.276. The first kappa shape index (κ1) is 30.6. The summed E-state index contributed by atoms with van der Waals surface area (Å²) >= 11 is 0. The van der Waals surface area contributed by atoms with Gasteiger partial charge < -0.3 is 35.3 Å². The number of carbonyl (C=O) groups is 4. The molecule has 6 rings (SSSR count). The number of likely N-dealkylation sites (N-methyl/N-ethyl adjacent to an activating group) is 1. The number of hydrogen-bond acceptors (Lipinski definition) is 6. The Morgan fingerprint density at radius 2 is 1.91 bits per heavy atom. The number of likely N-dealkylation sites (tertiary alicyclic amines) is 1. The summed E-state index contributed by atoms with van der Waals surface area (Å²) in [5.41, 5.74) is 2.02. The van der Waals surface area contributed by atoms with Crippen molar-refractivity contribution in [2.75, 3.05) is 27.2 Å². The van der Waals surface area contributed by atoms with E-state index in [1.54, 1.807) is 25.1 Å². The molecule has 3 aliphatic rings. The second-order valence-corrected chi connectivity index (χ2v) is 12.6. The molecule has 4 unspecified atom stereocenters. The van der Waals surface area contributed by atoms with E-state index in [2.05, 4.69) is 15.6 Å². The van der Waals surface area contributed by atoms with Crippen molar-refractivity contribution >= 4 is 34.5 Å². The number of fused-ring (bicyclic) bond motifs is 2. The number of aromatic amines is 1. The zero-order chi connectivity index (χ0) is 31.7. The van der Waals surface area contributed by atoms with Gasteiger partial charge in [-0.1, -0.05) is 42.8 Å². The highest BCUT2D eigenvalue weighted by atomic mass is 16.5. The van der Waals surface area contributed by atoms with Crippen LogP contribution in [0.15, 0.2) is 54.6 Å². The number of nitrogens with one attached hydrogen (secondary N) is 3. The van der Waals surface area contributed by atoms with Gasteiger partial charge in [-0.2, -0.15) is 0 Å². The number of rotatable bonds is 10. The highest BCUT2D eigenvalue weighted by molar-refractivity contribution is 6.02. The van der Waals surface area contributed by atoms with Gasteiger partial charge in [0.1, 0.15) is 17.5 Å². The molecule has 0 spiro atoms. The Bertz CT molecular complexity index is 1570. The molecule has 6 atom stereocenters. The van der Waals surface area contributed by atoms with Crippen molar-refractivity contribution in [3.8, 4) is 5.75 Å². The molecule has 11 heteroatoms. The normalized spacial score (nSPS) is 23.8. The van der Waals surface area contributed by atoms with Crippen LogP contribution in [0.2, 0.25) is 0 Å². The van der Waals surface area contributed by atoms with Crippen molar-refractivity contribution in [1.82, 2.24) is 25.4 Å². The van der Waals surface area contributed by atoms with E-state index in [1.165, 1.54) is 4.90 Å². The van der Waals surface area contributed by atoms with Gasteiger partial charge in [-0.3, -0.25) is 19.2 Å². The Balaban J connectivity index is 1.24. The summed E-state index contributed by atoms with van der Waals surface area (Å²) in [6.45, 7) is 1.24. The van der Waals surface area contributed by atoms with Gasteiger partial charge in [0.2, 0.25) is 11.8 Å². The predicted molar refractivity (Wildman–Crippen MR) is 167 cm³/mol. The molecule has 0 radical (unpaired) electrons. The van der Waals surface area contributed by atoms with E-state index < -0.39 is 35.9 Å². The molecule has 0 bridgehead atoms. The van der Waals surface area contributed by atoms with E-state index in [-0.39, 0.29) is 36.6 Å². The minimum atomic E-state index is -1.57. The zero-order valence-electron chi connectivity index (χ0n) is 25.7. The average molecular weight is 616 g/mol. The smallest absolute Gasteiger partial charge is 0.271 e. The molecule has 2 saturated heterocycles. The number of ether oxygens (including phenoxy) is 1. The Morgan fingerprint density at radius 1 is 1.11 bits per heavy atom. The topological polar surface area (TPSA) is 144 Å². The molecule has 2 aliphatic heterocycles. The van der Waals surface area contributed by atoms with Gasteiger partial charge in [0.05, 0.1) is 13.2 Å². The Hall–Kier alpha value is -4.38. The van der Waals surface area contributed by atoms with E-state index in [4.69, 9.17) is 4.74 Å². The number of carbonyl (C=O) groups excluding carboxylic acids is 4. The summed E-state index contributed by atoms with van der Waals surface area (Å²) in [6.07, 6.45) is 1.80. The fourth-order valence-electron chi connectivity index (χ4n) is 7.47. The van der Waals surface area contributed by atoms with Crippen molar-refractivity contribution in [2.24, 2.45) is 17.8 Å². The zero-order valence-corrected chi connectivity index (χ0v) is 25.7. The van der Waals surface area contributed by atoms with Crippen molar-refractivity contribution in [1.29, 1.82) is 0 Å². The summed E-state index contributed by atoms with van der Waals surface area (Å²) < 4.78 is 5.47. The lowest BCUT2D eigenvalue weighted by molar-refractivity contribution is -0.143. The maximum atomic E-state index is 14.2. The second kappa shape index (κ2) is 12.9. The van der Waals surface area contributed by atoms with Gasteiger partial charge in [-0.05, 0) is 61.3 Å². The highest BCUT2D eigenvalue weighted by Crippen LogP contribution is 2.43. The summed E-state index contributed by atoms with van der Waals surface area (Å²) in [5, 5.41) is 17.9. The fourth-order valence-corrected chi connectivity index (χ4v) is 7.47. The van der Waals surface area contributed by atoms with E-state index in [0.717, 1.165) is 35.7 Å². The molecule has 4 N–H and O–H groups in total. The van der Waals surface area contributed by atoms with Crippen LogP contribution in [0.5, 0.6) is 5.75 Å². The lowest BCUT2D eigenvalue weighted by Gasteiger charge is -2.32. The van der Waals surface area contributed by atoms with Crippen molar-refractivity contribution in [3.63, 3.8) is 0 Å². The number of benzene rings is 2. The Morgan fingerprint density at radius 3 is 2.64 bits per heavy atom. The maximum Gasteiger partial charge on any atom is 0.271 e. The van der Waals surface area contributed by atoms with Crippen LogP contribution in [0.25, 0.3) is 10.9 Å². The Kier molecular flexibility index (Phi) is 8.80. The third kappa shape index (κ3) is 6.13. The molecule has 2 aromatic carbocycles. The predicted octanol–water partition coefficient (Wildman–Crippen LogP) is 2.45. The first-order valence-corrected chi connectivity index (χ1v) is 15.8. The third-order valence-corrected chi connectivity index (χ3v) is 9.80. The fraction of sp³-hybridized carbons (Fsp3) is 0.471. The average Bonchev–Trinajstić information content (AvgIpc) is 3.84. The molecule has 45 heavy (non-hydrogen) atoms. The molecule has 1 saturated carbocycles. The SMILES string of the molecule is COc1cccc2[nH]c(C(=O)N3CC4CCCC4C3C(=O)N[C@@H](C[C@@H]3CCNC3=O)C(O)C(=O)N(C)Cc3ccccc3)cc12. The van der Waals surface area contributed by atoms with Crippen molar-refractivity contribution in [3.05, 3.63) is 65.9 Å². The molecular formula is C34H41N5O6. The van der Waals surface area contributed by atoms with Crippen LogP contribution >= 0.6 is 0 Å². The van der Waals surface area contributed by atoms with Crippen LogP contribution in [0, 0.1) is 17.8 Å². The number of aliphatic hydroxyl groups excluding tert-OH is 1. The number of aliphatic hydroxyl groups is 1. The lowest BCUT2D eigenvalue weighted by Crippen LogP contribution is -2.57. The van der Waals surface area contributed by atoms with Crippen LogP contribution in [0.3, 0.4) is 0 Å². The van der Waals surface area contributed by atoms with Crippen molar-refractivity contribution in [2.45, 2.75) is 56.8 Å². The summed E-state index contributed by atoms with van der Waals surface area (Å²) in [5.74, 6) is -1.05. The number of aromatic nitrogens is 1. The molecule has 4 amide bonds. The first-order valence-electron chi connectivity index (χ1n) is 15.8. The third-order valence-electron chi connectivity index (χ3n) is 9.80. The maximum absolute atomic E-state index is 14.2. The molecule has 1 aliphatic carbocycles. The van der Waals surface area contributed by atoms with E-state index in [0.29, 0.717) is 31.0 Å². The number of amides is 4. The van der Waals surface area contributed by atoms with Gasteiger partial charge in [-0.15, -0.1) is 0 Å². The largest absolute Gasteiger partial charge is 0.496 e. The van der Waals surface area contributed by atoms with Gasteiger partial charge in [0.25, 0.3) is 11.8 Å². The highest BCUT2D eigenvalue weighted by Gasteiger charge is 2.50. The van der Waals surface area contributed by atoms with E-state index in [9.17, 15) is 24.3 Å². The Labute approximate surface area is 262 Å². The van der Waals surface area contributed by atoms with Gasteiger partial charge in [-0.25, -0.2) is 0 Å². The van der Waals surface area contributed by atoms with Gasteiger partial charge >= 0.3 is 0 Å². The van der Waals surface area contributed by atoms with Crippen LogP contribution in [0.1, 0.15) is 48.2 Å². The van der Waals surface area contributed by atoms with Crippen LogP contribution in [-0.2, 0) is 20.9 Å². The van der Waals surface area contributed by atoms with Crippen LogP contribution < -0.4 is 15.4 Å². The molecule has 3 aromatic rings. The molecule has 1 aromatic heterocycles. The summed E-state index contributed by atoms with van der Waals surface area (Å²) in [7, 11) is 3.19. The second-order valence-electron chi connectivity index (χ2n) is 12.6. The first-order chi connectivity index (χ1) is 21.7. The molecule has 3 fully saturated rings. The number of hydrogen-bond donors (Lipinski definition) is 4. The number of nitrogens with zero attached hydrogens (tertiary/aromatic N) is 2. The number of H-pyrrole nitrogens is 1. The summed E-state index contributed by atoms with van der Waals surface area (Å²) in [4.78, 5) is 60.4. The molecule has 238 valence electrons. The molecular weight excluding hydrogens is 574 g/mol. The van der Waals surface area contributed by atoms with Crippen LogP contribution in [-0.4, -0.2) is 89.0 Å². The summed E-state index contributed by atoms with van der Waals surface area (Å²) in [6, 6.07) is 15.0. The number of methoxy groups -OCH3 is 1. The lowest BCUT2D eigenvalue weighted by atomic mass is 9.91. The van der Waals surface area contributed by atoms with Crippen molar-refractivity contribution < 1.29 is 29.0 Å².